The number of fused-ring (bicyclic) bond motifs is 1. The third-order valence-corrected chi connectivity index (χ3v) is 3.97. The van der Waals surface area contributed by atoms with Gasteiger partial charge >= 0.3 is 0 Å². The molecule has 0 aliphatic carbocycles. The third-order valence-electron chi connectivity index (χ3n) is 2.15. The molecule has 0 saturated heterocycles. The first kappa shape index (κ1) is 9.87. The number of thioether (sulfide) groups is 1. The van der Waals surface area contributed by atoms with Gasteiger partial charge in [-0.1, -0.05) is 24.6 Å². The van der Waals surface area contributed by atoms with Crippen LogP contribution in [0, 0.1) is 5.92 Å². The van der Waals surface area contributed by atoms with Gasteiger partial charge in [0, 0.05) is 16.6 Å². The lowest BCUT2D eigenvalue weighted by molar-refractivity contribution is -0.118. The first-order valence-electron chi connectivity index (χ1n) is 4.40. The minimum atomic E-state index is 0.0310. The molecule has 2 nitrogen and oxygen atoms in total. The van der Waals surface area contributed by atoms with Gasteiger partial charge in [-0.25, -0.2) is 0 Å². The number of carbonyl (C=O) groups is 1. The highest BCUT2D eigenvalue weighted by Crippen LogP contribution is 2.37. The van der Waals surface area contributed by atoms with Gasteiger partial charge in [-0.05, 0) is 12.1 Å². The summed E-state index contributed by atoms with van der Waals surface area (Å²) in [6.45, 7) is 1.92. The van der Waals surface area contributed by atoms with E-state index in [0.717, 1.165) is 16.3 Å². The summed E-state index contributed by atoms with van der Waals surface area (Å²) < 4.78 is 0. The molecule has 0 bridgehead atoms. The molecule has 0 aromatic heterocycles. The summed E-state index contributed by atoms with van der Waals surface area (Å²) in [6, 6.07) is 5.57. The van der Waals surface area contributed by atoms with Gasteiger partial charge < -0.3 is 5.32 Å². The van der Waals surface area contributed by atoms with E-state index in [1.165, 1.54) is 0 Å². The van der Waals surface area contributed by atoms with Gasteiger partial charge in [0.25, 0.3) is 0 Å². The average molecular weight is 228 g/mol. The fourth-order valence-corrected chi connectivity index (χ4v) is 2.68. The number of hydrogen-bond donors (Lipinski definition) is 1. The Kier molecular flexibility index (Phi) is 2.70. The third kappa shape index (κ3) is 1.74. The molecule has 2 rings (SSSR count). The van der Waals surface area contributed by atoms with E-state index >= 15 is 0 Å². The molecule has 1 aliphatic rings. The fraction of sp³-hybridized carbons (Fsp3) is 0.300. The van der Waals surface area contributed by atoms with Crippen LogP contribution < -0.4 is 5.32 Å². The number of anilines is 1. The minimum Gasteiger partial charge on any atom is -0.325 e. The van der Waals surface area contributed by atoms with Crippen LogP contribution in [0.3, 0.4) is 0 Å². The number of rotatable bonds is 0. The molecule has 1 aliphatic heterocycles. The van der Waals surface area contributed by atoms with Crippen molar-refractivity contribution in [1.29, 1.82) is 0 Å². The van der Waals surface area contributed by atoms with Crippen molar-refractivity contribution in [1.82, 2.24) is 0 Å². The second-order valence-electron chi connectivity index (χ2n) is 3.32. The lowest BCUT2D eigenvalue weighted by atomic mass is 10.2. The molecule has 1 atom stereocenters. The van der Waals surface area contributed by atoms with E-state index in [-0.39, 0.29) is 11.8 Å². The predicted octanol–water partition coefficient (Wildman–Crippen LogP) is 3.02. The zero-order valence-electron chi connectivity index (χ0n) is 7.71. The van der Waals surface area contributed by atoms with Crippen molar-refractivity contribution < 1.29 is 4.79 Å². The summed E-state index contributed by atoms with van der Waals surface area (Å²) in [5, 5.41) is 3.58. The van der Waals surface area contributed by atoms with Crippen LogP contribution in [-0.4, -0.2) is 11.7 Å². The van der Waals surface area contributed by atoms with E-state index in [9.17, 15) is 4.79 Å². The van der Waals surface area contributed by atoms with E-state index in [1.54, 1.807) is 11.8 Å². The monoisotopic (exact) mass is 227 g/mol. The summed E-state index contributed by atoms with van der Waals surface area (Å²) >= 11 is 7.67. The predicted molar refractivity (Wildman–Crippen MR) is 60.0 cm³/mol. The molecule has 1 unspecified atom stereocenters. The van der Waals surface area contributed by atoms with Gasteiger partial charge in [0.05, 0.1) is 10.7 Å². The molecule has 1 aromatic carbocycles. The van der Waals surface area contributed by atoms with Crippen LogP contribution in [0.15, 0.2) is 23.1 Å². The topological polar surface area (TPSA) is 29.1 Å². The summed E-state index contributed by atoms with van der Waals surface area (Å²) in [6.07, 6.45) is 0. The molecule has 0 fully saturated rings. The Morgan fingerprint density at radius 1 is 1.57 bits per heavy atom. The molecule has 1 amide bonds. The Morgan fingerprint density at radius 3 is 3.14 bits per heavy atom. The average Bonchev–Trinajstić information content (AvgIpc) is 2.29. The normalized spacial score (nSPS) is 21.0. The van der Waals surface area contributed by atoms with Gasteiger partial charge in [0.15, 0.2) is 0 Å². The highest BCUT2D eigenvalue weighted by molar-refractivity contribution is 7.99. The summed E-state index contributed by atoms with van der Waals surface area (Å²) in [5.74, 6) is 0.879. The molecular weight excluding hydrogens is 218 g/mol. The van der Waals surface area contributed by atoms with Gasteiger partial charge in [-0.15, -0.1) is 11.8 Å². The van der Waals surface area contributed by atoms with Crippen molar-refractivity contribution in [2.45, 2.75) is 11.8 Å². The number of carbonyl (C=O) groups excluding carboxylic acids is 1. The van der Waals surface area contributed by atoms with Gasteiger partial charge in [-0.3, -0.25) is 4.79 Å². The maximum absolute atomic E-state index is 11.5. The van der Waals surface area contributed by atoms with E-state index in [0.29, 0.717) is 5.02 Å². The molecule has 1 heterocycles. The Balaban J connectivity index is 2.42. The first-order chi connectivity index (χ1) is 6.68. The quantitative estimate of drug-likeness (QED) is 0.738. The molecule has 1 aromatic rings. The molecule has 0 saturated carbocycles. The van der Waals surface area contributed by atoms with Crippen LogP contribution in [0.25, 0.3) is 0 Å². The van der Waals surface area contributed by atoms with Crippen LogP contribution in [-0.2, 0) is 4.79 Å². The van der Waals surface area contributed by atoms with E-state index in [1.807, 2.05) is 25.1 Å². The van der Waals surface area contributed by atoms with E-state index < -0.39 is 0 Å². The zero-order valence-corrected chi connectivity index (χ0v) is 9.28. The van der Waals surface area contributed by atoms with Crippen LogP contribution >= 0.6 is 23.4 Å². The van der Waals surface area contributed by atoms with Gasteiger partial charge in [-0.2, -0.15) is 0 Å². The van der Waals surface area contributed by atoms with Crippen molar-refractivity contribution >= 4 is 35.0 Å². The number of nitrogens with one attached hydrogen (secondary N) is 1. The van der Waals surface area contributed by atoms with Gasteiger partial charge in [0.1, 0.15) is 0 Å². The number of benzene rings is 1. The molecule has 0 spiro atoms. The van der Waals surface area contributed by atoms with Crippen molar-refractivity contribution in [3.05, 3.63) is 23.2 Å². The van der Waals surface area contributed by atoms with Crippen molar-refractivity contribution in [3.8, 4) is 0 Å². The molecule has 74 valence electrons. The lowest BCUT2D eigenvalue weighted by Gasteiger charge is -2.06. The van der Waals surface area contributed by atoms with Gasteiger partial charge in [0.2, 0.25) is 5.91 Å². The maximum Gasteiger partial charge on any atom is 0.228 e. The van der Waals surface area contributed by atoms with Crippen molar-refractivity contribution in [2.24, 2.45) is 5.92 Å². The smallest absolute Gasteiger partial charge is 0.228 e. The second kappa shape index (κ2) is 3.83. The highest BCUT2D eigenvalue weighted by atomic mass is 35.5. The fourth-order valence-electron chi connectivity index (χ4n) is 1.29. The van der Waals surface area contributed by atoms with E-state index in [2.05, 4.69) is 5.32 Å². The summed E-state index contributed by atoms with van der Waals surface area (Å²) in [4.78, 5) is 12.5. The van der Waals surface area contributed by atoms with Crippen LogP contribution in [0.4, 0.5) is 5.69 Å². The Hall–Kier alpha value is -0.670. The van der Waals surface area contributed by atoms with Crippen molar-refractivity contribution in [3.63, 3.8) is 0 Å². The minimum absolute atomic E-state index is 0.0310. The molecule has 1 N–H and O–H groups in total. The molecule has 14 heavy (non-hydrogen) atoms. The number of hydrogen-bond acceptors (Lipinski definition) is 2. The second-order valence-corrected chi connectivity index (χ2v) is 4.76. The number of halogens is 1. The highest BCUT2D eigenvalue weighted by Gasteiger charge is 2.21. The van der Waals surface area contributed by atoms with Crippen molar-refractivity contribution in [2.75, 3.05) is 11.1 Å². The largest absolute Gasteiger partial charge is 0.325 e. The Labute approximate surface area is 92.0 Å². The SMILES string of the molecule is CC1CSc2c(Cl)cccc2NC1=O. The van der Waals surface area contributed by atoms with Crippen LogP contribution in [0.5, 0.6) is 0 Å². The molecule has 4 heteroatoms. The Bertz CT molecular complexity index is 380. The lowest BCUT2D eigenvalue weighted by Crippen LogP contribution is -2.20. The molecule has 0 radical (unpaired) electrons. The van der Waals surface area contributed by atoms with Crippen LogP contribution in [0.1, 0.15) is 6.92 Å². The maximum atomic E-state index is 11.5. The summed E-state index contributed by atoms with van der Waals surface area (Å²) in [7, 11) is 0. The zero-order chi connectivity index (χ0) is 10.1. The van der Waals surface area contributed by atoms with E-state index in [4.69, 9.17) is 11.6 Å². The number of amides is 1. The standard InChI is InChI=1S/C10H10ClNOS/c1-6-5-14-9-7(11)3-2-4-8(9)12-10(6)13/h2-4,6H,5H2,1H3,(H,12,13). The first-order valence-corrected chi connectivity index (χ1v) is 5.77. The van der Waals surface area contributed by atoms with Crippen LogP contribution in [0.2, 0.25) is 5.02 Å². The summed E-state index contributed by atoms with van der Waals surface area (Å²) in [5.41, 5.74) is 0.830. The molecular formula is C10H10ClNOS. The Morgan fingerprint density at radius 2 is 2.36 bits per heavy atom.